The Morgan fingerprint density at radius 3 is 2.53 bits per heavy atom. The van der Waals surface area contributed by atoms with Crippen LogP contribution in [-0.2, 0) is 19.2 Å². The minimum Gasteiger partial charge on any atom is -0.393 e. The summed E-state index contributed by atoms with van der Waals surface area (Å²) in [5, 5.41) is 36.6. The summed E-state index contributed by atoms with van der Waals surface area (Å²) in [7, 11) is 0. The van der Waals surface area contributed by atoms with Crippen LogP contribution in [0.5, 0.6) is 0 Å². The predicted molar refractivity (Wildman–Crippen MR) is 206 cm³/mol. The number of ketones is 2. The summed E-state index contributed by atoms with van der Waals surface area (Å²) in [5.41, 5.74) is 0.909. The molecule has 2 heterocycles. The van der Waals surface area contributed by atoms with Crippen LogP contribution >= 0.6 is 11.8 Å². The number of amides is 2. The third-order valence-corrected chi connectivity index (χ3v) is 16.7. The molecule has 2 aliphatic heterocycles. The Labute approximate surface area is 321 Å². The largest absolute Gasteiger partial charge is 0.393 e. The van der Waals surface area contributed by atoms with E-state index in [4.69, 9.17) is 6.42 Å². The van der Waals surface area contributed by atoms with Crippen LogP contribution in [0.25, 0.3) is 0 Å². The zero-order valence-electron chi connectivity index (χ0n) is 32.6. The molecule has 5 fully saturated rings. The first kappa shape index (κ1) is 40.5. The Hall–Kier alpha value is -2.19. The molecule has 0 aromatic heterocycles. The molecule has 14 unspecified atom stereocenters. The quantitative estimate of drug-likeness (QED) is 0.129. The highest BCUT2D eigenvalue weighted by atomic mass is 32.2. The zero-order chi connectivity index (χ0) is 38.4. The van der Waals surface area contributed by atoms with Crippen LogP contribution in [0.15, 0.2) is 11.3 Å². The zero-order valence-corrected chi connectivity index (χ0v) is 33.5. The number of hydrogen-bond acceptors (Lipinski definition) is 8. The third kappa shape index (κ3) is 7.43. The van der Waals surface area contributed by atoms with Gasteiger partial charge in [-0.1, -0.05) is 34.1 Å². The van der Waals surface area contributed by atoms with E-state index < -0.39 is 18.2 Å². The van der Waals surface area contributed by atoms with Gasteiger partial charge in [-0.15, -0.1) is 24.1 Å². The maximum absolute atomic E-state index is 13.6. The Balaban J connectivity index is 1.04. The molecule has 4 saturated carbocycles. The van der Waals surface area contributed by atoms with Gasteiger partial charge in [0.2, 0.25) is 5.91 Å². The van der Waals surface area contributed by atoms with E-state index in [1.165, 1.54) is 0 Å². The molecule has 0 spiro atoms. The van der Waals surface area contributed by atoms with Gasteiger partial charge in [-0.05, 0) is 123 Å². The molecule has 9 nitrogen and oxygen atoms in total. The number of carbonyl (C=O) groups is 4. The molecular weight excluding hydrogens is 689 g/mol. The van der Waals surface area contributed by atoms with Gasteiger partial charge in [-0.3, -0.25) is 24.1 Å². The Morgan fingerprint density at radius 2 is 1.81 bits per heavy atom. The molecule has 6 rings (SSSR count). The lowest BCUT2D eigenvalue weighted by Gasteiger charge is -2.63. The molecule has 53 heavy (non-hydrogen) atoms. The maximum Gasteiger partial charge on any atom is 0.253 e. The van der Waals surface area contributed by atoms with Crippen molar-refractivity contribution >= 4 is 35.1 Å². The number of aliphatic hydroxyl groups is 3. The molecule has 0 aromatic rings. The molecule has 2 amide bonds. The van der Waals surface area contributed by atoms with Crippen molar-refractivity contribution in [1.82, 2.24) is 10.2 Å². The fourth-order valence-corrected chi connectivity index (χ4v) is 13.6. The number of carbonyl (C=O) groups excluding carboxylic acids is 4. The van der Waals surface area contributed by atoms with E-state index in [0.29, 0.717) is 37.1 Å². The van der Waals surface area contributed by atoms with Crippen molar-refractivity contribution in [3.05, 3.63) is 11.3 Å². The highest BCUT2D eigenvalue weighted by molar-refractivity contribution is 8.00. The number of rotatable bonds is 14. The van der Waals surface area contributed by atoms with Gasteiger partial charge in [-0.2, -0.15) is 0 Å². The number of fused-ring (bicyclic) bond motifs is 6. The molecule has 294 valence electrons. The SMILES string of the molecule is C#CCC(CC(=O)CCCC)CC(=O)C1=C(C)CSC2C(NC(=O)CCC(C)C3CCC4C5C(O)CC6CC(O)CCC6(C)C5CC(O)C34C)C(=O)N12. The van der Waals surface area contributed by atoms with Crippen molar-refractivity contribution in [2.24, 2.45) is 52.3 Å². The molecule has 0 radical (unpaired) electrons. The van der Waals surface area contributed by atoms with Crippen molar-refractivity contribution in [1.29, 1.82) is 0 Å². The number of nitrogens with one attached hydrogen (secondary N) is 1. The van der Waals surface area contributed by atoms with E-state index in [1.807, 2.05) is 13.8 Å². The van der Waals surface area contributed by atoms with Crippen LogP contribution in [0, 0.1) is 64.6 Å². The van der Waals surface area contributed by atoms with Crippen LogP contribution < -0.4 is 5.32 Å². The molecule has 4 aliphatic carbocycles. The summed E-state index contributed by atoms with van der Waals surface area (Å²) in [6, 6.07) is -0.694. The van der Waals surface area contributed by atoms with Gasteiger partial charge in [0.25, 0.3) is 5.91 Å². The van der Waals surface area contributed by atoms with Gasteiger partial charge < -0.3 is 20.6 Å². The number of thioether (sulfide) groups is 1. The van der Waals surface area contributed by atoms with Gasteiger partial charge in [0.1, 0.15) is 17.2 Å². The lowest BCUT2D eigenvalue weighted by atomic mass is 9.43. The van der Waals surface area contributed by atoms with E-state index in [-0.39, 0.29) is 106 Å². The fourth-order valence-electron chi connectivity index (χ4n) is 12.3. The standard InChI is InChI=1S/C43H64N2O7S/c1-7-9-11-28(46)18-26(10-8-2)19-34(49)39-25(4)23-53-41-38(40(52)45(39)41)44-36(51)15-12-24(3)30-13-14-31-37-32(22-35(50)43(30,31)6)42(5)17-16-29(47)20-27(42)21-33(37)48/h2,24,26-27,29-33,35,37-38,41,47-48,50H,7,9-23H2,1,3-6H3,(H,44,51). The second-order valence-electron chi connectivity index (χ2n) is 18.4. The van der Waals surface area contributed by atoms with Gasteiger partial charge in [0.05, 0.1) is 24.0 Å². The monoisotopic (exact) mass is 752 g/mol. The molecule has 10 heteroatoms. The first-order chi connectivity index (χ1) is 25.1. The molecule has 0 aromatic carbocycles. The van der Waals surface area contributed by atoms with E-state index in [1.54, 1.807) is 16.7 Å². The van der Waals surface area contributed by atoms with Crippen molar-refractivity contribution in [3.63, 3.8) is 0 Å². The summed E-state index contributed by atoms with van der Waals surface area (Å²) >= 11 is 1.55. The summed E-state index contributed by atoms with van der Waals surface area (Å²) < 4.78 is 0. The Morgan fingerprint density at radius 1 is 1.06 bits per heavy atom. The van der Waals surface area contributed by atoms with E-state index in [2.05, 4.69) is 32.0 Å². The number of β-lactam (4-membered cyclic amide) rings is 1. The van der Waals surface area contributed by atoms with Gasteiger partial charge in [-0.25, -0.2) is 0 Å². The van der Waals surface area contributed by atoms with Gasteiger partial charge >= 0.3 is 0 Å². The lowest BCUT2D eigenvalue weighted by Crippen LogP contribution is -2.70. The van der Waals surface area contributed by atoms with Crippen LogP contribution in [0.1, 0.15) is 131 Å². The maximum atomic E-state index is 13.6. The molecule has 4 N–H and O–H groups in total. The predicted octanol–water partition coefficient (Wildman–Crippen LogP) is 5.79. The number of unbranched alkanes of at least 4 members (excludes halogenated alkanes) is 1. The average molecular weight is 753 g/mol. The highest BCUT2D eigenvalue weighted by Gasteiger charge is 2.65. The van der Waals surface area contributed by atoms with Crippen molar-refractivity contribution < 1.29 is 34.5 Å². The van der Waals surface area contributed by atoms with Crippen molar-refractivity contribution in [2.75, 3.05) is 5.75 Å². The van der Waals surface area contributed by atoms with Crippen LogP contribution in [0.4, 0.5) is 0 Å². The van der Waals surface area contributed by atoms with Crippen LogP contribution in [-0.4, -0.2) is 79.1 Å². The third-order valence-electron chi connectivity index (χ3n) is 15.3. The van der Waals surface area contributed by atoms with Gasteiger partial charge in [0, 0.05) is 37.9 Å². The molecule has 0 bridgehead atoms. The fraction of sp³-hybridized carbons (Fsp3) is 0.814. The number of Topliss-reactive ketones (excluding diaryl/α,β-unsaturated/α-hetero) is 2. The molecular formula is C43H64N2O7S. The summed E-state index contributed by atoms with van der Waals surface area (Å²) in [6.45, 7) is 10.7. The van der Waals surface area contributed by atoms with Crippen LogP contribution in [0.3, 0.4) is 0 Å². The number of hydrogen-bond donors (Lipinski definition) is 4. The second-order valence-corrected chi connectivity index (χ2v) is 19.5. The van der Waals surface area contributed by atoms with Crippen molar-refractivity contribution in [3.8, 4) is 12.3 Å². The number of allylic oxidation sites excluding steroid dienone is 1. The normalized spacial score (nSPS) is 40.1. The molecule has 14 atom stereocenters. The molecule has 6 aliphatic rings. The first-order valence-corrected chi connectivity index (χ1v) is 21.7. The summed E-state index contributed by atoms with van der Waals surface area (Å²) in [6.07, 6.45) is 14.0. The Bertz CT molecular complexity index is 1510. The first-order valence-electron chi connectivity index (χ1n) is 20.6. The van der Waals surface area contributed by atoms with Crippen LogP contribution in [0.2, 0.25) is 0 Å². The summed E-state index contributed by atoms with van der Waals surface area (Å²) in [4.78, 5) is 54.6. The van der Waals surface area contributed by atoms with Crippen molar-refractivity contribution in [2.45, 2.75) is 161 Å². The summed E-state index contributed by atoms with van der Waals surface area (Å²) in [5.74, 6) is 3.70. The minimum absolute atomic E-state index is 0.0274. The highest BCUT2D eigenvalue weighted by Crippen LogP contribution is 2.68. The van der Waals surface area contributed by atoms with E-state index >= 15 is 0 Å². The Kier molecular flexibility index (Phi) is 12.3. The van der Waals surface area contributed by atoms with E-state index in [0.717, 1.165) is 56.9 Å². The second kappa shape index (κ2) is 16.1. The average Bonchev–Trinajstić information content (AvgIpc) is 3.48. The smallest absolute Gasteiger partial charge is 0.253 e. The van der Waals surface area contributed by atoms with Gasteiger partial charge in [0.15, 0.2) is 5.78 Å². The molecule has 1 saturated heterocycles. The minimum atomic E-state index is -0.694. The van der Waals surface area contributed by atoms with E-state index in [9.17, 15) is 34.5 Å². The number of aliphatic hydroxyl groups excluding tert-OH is 3. The number of nitrogens with zero attached hydrogens (tertiary/aromatic N) is 1. The lowest BCUT2D eigenvalue weighted by molar-refractivity contribution is -0.207. The topological polar surface area (TPSA) is 144 Å². The number of terminal acetylenes is 1.